The molecule has 0 aromatic heterocycles. The highest BCUT2D eigenvalue weighted by molar-refractivity contribution is 7.92. The third kappa shape index (κ3) is 9.33. The first kappa shape index (κ1) is 32.2. The molecule has 0 fully saturated rings. The van der Waals surface area contributed by atoms with E-state index >= 15 is 0 Å². The molecule has 1 atom stereocenters. The van der Waals surface area contributed by atoms with Crippen LogP contribution in [-0.2, 0) is 32.6 Å². The third-order valence-corrected chi connectivity index (χ3v) is 8.31. The fraction of sp³-hybridized carbons (Fsp3) is 0.375. The van der Waals surface area contributed by atoms with Gasteiger partial charge in [-0.3, -0.25) is 13.9 Å². The molecule has 0 saturated heterocycles. The zero-order valence-corrected chi connectivity index (χ0v) is 26.0. The largest absolute Gasteiger partial charge is 0.352 e. The smallest absolute Gasteiger partial charge is 0.243 e. The molecule has 41 heavy (non-hydrogen) atoms. The van der Waals surface area contributed by atoms with Crippen molar-refractivity contribution in [2.24, 2.45) is 0 Å². The van der Waals surface area contributed by atoms with Crippen LogP contribution in [0.4, 0.5) is 5.69 Å². The summed E-state index contributed by atoms with van der Waals surface area (Å²) in [6.07, 6.45) is 1.84. The fourth-order valence-electron chi connectivity index (χ4n) is 4.74. The van der Waals surface area contributed by atoms with E-state index in [9.17, 15) is 18.0 Å². The van der Waals surface area contributed by atoms with Gasteiger partial charge in [0.15, 0.2) is 0 Å². The Bertz CT molecular complexity index is 1440. The van der Waals surface area contributed by atoms with E-state index in [1.807, 2.05) is 82.3 Å². The van der Waals surface area contributed by atoms with Gasteiger partial charge in [-0.25, -0.2) is 8.42 Å². The summed E-state index contributed by atoms with van der Waals surface area (Å²) < 4.78 is 26.7. The number of nitrogens with zero attached hydrogens (tertiary/aromatic N) is 2. The van der Waals surface area contributed by atoms with Crippen molar-refractivity contribution in [1.29, 1.82) is 0 Å². The molecule has 3 aromatic rings. The normalized spacial score (nSPS) is 12.2. The van der Waals surface area contributed by atoms with E-state index in [4.69, 9.17) is 11.6 Å². The van der Waals surface area contributed by atoms with E-state index in [0.29, 0.717) is 17.1 Å². The Balaban J connectivity index is 1.91. The second kappa shape index (κ2) is 14.5. The third-order valence-electron chi connectivity index (χ3n) is 6.90. The summed E-state index contributed by atoms with van der Waals surface area (Å²) >= 11 is 6.17. The molecule has 0 aliphatic carbocycles. The van der Waals surface area contributed by atoms with Crippen LogP contribution >= 0.6 is 11.6 Å². The number of anilines is 1. The van der Waals surface area contributed by atoms with Crippen molar-refractivity contribution < 1.29 is 18.0 Å². The summed E-state index contributed by atoms with van der Waals surface area (Å²) in [6, 6.07) is 21.7. The van der Waals surface area contributed by atoms with Crippen molar-refractivity contribution in [3.05, 3.63) is 100 Å². The number of carbonyl (C=O) groups excluding carboxylic acids is 2. The zero-order valence-electron chi connectivity index (χ0n) is 24.4. The molecular weight excluding hydrogens is 558 g/mol. The number of hydrogen-bond acceptors (Lipinski definition) is 4. The minimum Gasteiger partial charge on any atom is -0.352 e. The van der Waals surface area contributed by atoms with Crippen LogP contribution in [0.15, 0.2) is 72.8 Å². The molecule has 1 N–H and O–H groups in total. The summed E-state index contributed by atoms with van der Waals surface area (Å²) in [5.74, 6) is -0.442. The van der Waals surface area contributed by atoms with Crippen LogP contribution in [-0.4, -0.2) is 50.0 Å². The highest BCUT2D eigenvalue weighted by Crippen LogP contribution is 2.27. The minimum absolute atomic E-state index is 0.0672. The van der Waals surface area contributed by atoms with Gasteiger partial charge in [-0.1, -0.05) is 72.3 Å². The summed E-state index contributed by atoms with van der Waals surface area (Å²) in [5, 5.41) is 3.42. The number of hydrogen-bond donors (Lipinski definition) is 1. The second-order valence-corrected chi connectivity index (χ2v) is 13.0. The van der Waals surface area contributed by atoms with Crippen molar-refractivity contribution in [1.82, 2.24) is 10.2 Å². The van der Waals surface area contributed by atoms with E-state index in [1.54, 1.807) is 23.1 Å². The average Bonchev–Trinajstić information content (AvgIpc) is 2.90. The number of aryl methyl sites for hydroxylation is 2. The molecule has 0 aliphatic heterocycles. The molecule has 0 saturated carbocycles. The first-order valence-electron chi connectivity index (χ1n) is 13.8. The van der Waals surface area contributed by atoms with Crippen molar-refractivity contribution in [2.75, 3.05) is 17.1 Å². The van der Waals surface area contributed by atoms with Gasteiger partial charge < -0.3 is 10.2 Å². The highest BCUT2D eigenvalue weighted by atomic mass is 35.5. The van der Waals surface area contributed by atoms with Gasteiger partial charge in [-0.05, 0) is 68.5 Å². The molecule has 3 aromatic carbocycles. The summed E-state index contributed by atoms with van der Waals surface area (Å²) in [7, 11) is -3.63. The first-order chi connectivity index (χ1) is 19.4. The predicted molar refractivity (Wildman–Crippen MR) is 167 cm³/mol. The van der Waals surface area contributed by atoms with Crippen LogP contribution in [0.5, 0.6) is 0 Å². The fourth-order valence-corrected chi connectivity index (χ4v) is 5.92. The molecule has 2 amide bonds. The van der Waals surface area contributed by atoms with E-state index in [-0.39, 0.29) is 43.8 Å². The lowest BCUT2D eigenvalue weighted by Crippen LogP contribution is -2.52. The van der Waals surface area contributed by atoms with E-state index in [0.717, 1.165) is 28.5 Å². The Kier molecular flexibility index (Phi) is 11.4. The molecule has 0 aliphatic rings. The highest BCUT2D eigenvalue weighted by Gasteiger charge is 2.31. The number of carbonyl (C=O) groups is 2. The Morgan fingerprint density at radius 3 is 2.22 bits per heavy atom. The Hall–Kier alpha value is -3.36. The minimum atomic E-state index is -3.63. The van der Waals surface area contributed by atoms with Crippen molar-refractivity contribution in [3.8, 4) is 0 Å². The number of halogens is 1. The van der Waals surface area contributed by atoms with E-state index in [1.165, 1.54) is 4.31 Å². The molecular formula is C32H40ClN3O4S. The van der Waals surface area contributed by atoms with Gasteiger partial charge in [0, 0.05) is 37.0 Å². The van der Waals surface area contributed by atoms with Gasteiger partial charge >= 0.3 is 0 Å². The van der Waals surface area contributed by atoms with Crippen LogP contribution in [0.3, 0.4) is 0 Å². The quantitative estimate of drug-likeness (QED) is 0.275. The Labute approximate surface area is 249 Å². The topological polar surface area (TPSA) is 86.8 Å². The van der Waals surface area contributed by atoms with Gasteiger partial charge in [-0.2, -0.15) is 0 Å². The van der Waals surface area contributed by atoms with Gasteiger partial charge in [0.1, 0.15) is 6.04 Å². The number of benzene rings is 3. The molecule has 0 bridgehead atoms. The first-order valence-corrected chi connectivity index (χ1v) is 16.0. The predicted octanol–water partition coefficient (Wildman–Crippen LogP) is 5.67. The van der Waals surface area contributed by atoms with Gasteiger partial charge in [-0.15, -0.1) is 0 Å². The number of rotatable bonds is 13. The van der Waals surface area contributed by atoms with Crippen molar-refractivity contribution >= 4 is 39.1 Å². The maximum atomic E-state index is 13.9. The van der Waals surface area contributed by atoms with Crippen LogP contribution < -0.4 is 9.62 Å². The summed E-state index contributed by atoms with van der Waals surface area (Å²) in [4.78, 5) is 29.1. The maximum Gasteiger partial charge on any atom is 0.243 e. The standard InChI is InChI=1S/C32H40ClN3O4S/c1-23(2)34-32(38)30(20-26-13-7-6-8-14-26)35(22-27-15-10-9-12-24(27)3)31(37)16-11-19-36(41(5,39)40)29-21-28(33)18-17-25(29)4/h6-10,12-15,17-18,21,23,30H,11,16,19-20,22H2,1-5H3,(H,34,38). The van der Waals surface area contributed by atoms with Crippen LogP contribution in [0.2, 0.25) is 5.02 Å². The molecule has 220 valence electrons. The number of amides is 2. The van der Waals surface area contributed by atoms with E-state index in [2.05, 4.69) is 5.32 Å². The van der Waals surface area contributed by atoms with Gasteiger partial charge in [0.25, 0.3) is 0 Å². The maximum absolute atomic E-state index is 13.9. The lowest BCUT2D eigenvalue weighted by molar-refractivity contribution is -0.141. The SMILES string of the molecule is Cc1ccccc1CN(C(=O)CCCN(c1cc(Cl)ccc1C)S(C)(=O)=O)C(Cc1ccccc1)C(=O)NC(C)C. The van der Waals surface area contributed by atoms with Gasteiger partial charge in [0.05, 0.1) is 11.9 Å². The van der Waals surface area contributed by atoms with E-state index < -0.39 is 16.1 Å². The average molecular weight is 598 g/mol. The monoisotopic (exact) mass is 597 g/mol. The summed E-state index contributed by atoms with van der Waals surface area (Å²) in [5.41, 5.74) is 4.16. The lowest BCUT2D eigenvalue weighted by atomic mass is 10.0. The van der Waals surface area contributed by atoms with Crippen LogP contribution in [0.1, 0.15) is 48.9 Å². The lowest BCUT2D eigenvalue weighted by Gasteiger charge is -2.33. The number of sulfonamides is 1. The van der Waals surface area contributed by atoms with Crippen molar-refractivity contribution in [3.63, 3.8) is 0 Å². The zero-order chi connectivity index (χ0) is 30.2. The molecule has 7 nitrogen and oxygen atoms in total. The number of nitrogens with one attached hydrogen (secondary N) is 1. The summed E-state index contributed by atoms with van der Waals surface area (Å²) in [6.45, 7) is 7.95. The molecule has 1 unspecified atom stereocenters. The second-order valence-electron chi connectivity index (χ2n) is 10.7. The van der Waals surface area contributed by atoms with Crippen LogP contribution in [0, 0.1) is 13.8 Å². The molecule has 0 spiro atoms. The van der Waals surface area contributed by atoms with Crippen LogP contribution in [0.25, 0.3) is 0 Å². The van der Waals surface area contributed by atoms with Crippen molar-refractivity contribution in [2.45, 2.75) is 65.6 Å². The molecule has 3 rings (SSSR count). The van der Waals surface area contributed by atoms with Gasteiger partial charge in [0.2, 0.25) is 21.8 Å². The molecule has 0 heterocycles. The Morgan fingerprint density at radius 1 is 0.927 bits per heavy atom. The Morgan fingerprint density at radius 2 is 1.59 bits per heavy atom. The molecule has 0 radical (unpaired) electrons. The molecule has 9 heteroatoms.